The van der Waals surface area contributed by atoms with E-state index in [0.717, 1.165) is 0 Å². The second-order valence-corrected chi connectivity index (χ2v) is 4.86. The minimum absolute atomic E-state index is 0.000896. The molecule has 0 atom stereocenters. The van der Waals surface area contributed by atoms with E-state index in [1.54, 1.807) is 24.3 Å². The Labute approximate surface area is 131 Å². The average molecular weight is 307 g/mol. The molecule has 0 unspecified atom stereocenters. The largest absolute Gasteiger partial charge is 0.504 e. The van der Waals surface area contributed by atoms with E-state index in [1.807, 2.05) is 6.07 Å². The highest BCUT2D eigenvalue weighted by Gasteiger charge is 2.31. The van der Waals surface area contributed by atoms with Crippen LogP contribution in [-0.2, 0) is 9.53 Å². The number of halogens is 1. The second kappa shape index (κ2) is 5.78. The summed E-state index contributed by atoms with van der Waals surface area (Å²) in [5.41, 5.74) is 1.51. The maximum Gasteiger partial charge on any atom is 0.348 e. The van der Waals surface area contributed by atoms with Gasteiger partial charge in [-0.1, -0.05) is 24.3 Å². The molecule has 0 spiro atoms. The lowest BCUT2D eigenvalue weighted by atomic mass is 10.0. The van der Waals surface area contributed by atoms with Crippen LogP contribution in [0.1, 0.15) is 16.7 Å². The fourth-order valence-electron chi connectivity index (χ4n) is 2.19. The molecule has 0 bridgehead atoms. The van der Waals surface area contributed by atoms with E-state index in [1.165, 1.54) is 30.3 Å². The fraction of sp³-hybridized carbons (Fsp3) is 0. The Morgan fingerprint density at radius 2 is 1.74 bits per heavy atom. The third-order valence-electron chi connectivity index (χ3n) is 3.35. The number of benzene rings is 2. The van der Waals surface area contributed by atoms with Crippen molar-refractivity contribution in [2.24, 2.45) is 0 Å². The molecule has 1 heterocycles. The molecule has 0 fully saturated rings. The first-order valence-electron chi connectivity index (χ1n) is 6.72. The highest BCUT2D eigenvalue weighted by Crippen LogP contribution is 2.32. The minimum atomic E-state index is -0.680. The summed E-state index contributed by atoms with van der Waals surface area (Å²) in [5.74, 6) is -1.35. The van der Waals surface area contributed by atoms with Gasteiger partial charge in [0.25, 0.3) is 0 Å². The average Bonchev–Trinajstić information content (AvgIpc) is 2.84. The van der Waals surface area contributed by atoms with Crippen molar-refractivity contribution in [1.82, 2.24) is 0 Å². The fourth-order valence-corrected chi connectivity index (χ4v) is 2.19. The molecule has 1 aliphatic rings. The molecule has 1 N–H and O–H groups in total. The van der Waals surface area contributed by atoms with Gasteiger partial charge in [0.2, 0.25) is 0 Å². The molecule has 3 rings (SSSR count). The van der Waals surface area contributed by atoms with Gasteiger partial charge in [-0.05, 0) is 41.5 Å². The number of aliphatic hydroxyl groups is 1. The van der Waals surface area contributed by atoms with Gasteiger partial charge in [0, 0.05) is 0 Å². The van der Waals surface area contributed by atoms with Crippen LogP contribution in [0.15, 0.2) is 60.0 Å². The maximum atomic E-state index is 12.9. The summed E-state index contributed by atoms with van der Waals surface area (Å²) in [6.45, 7) is 0. The van der Waals surface area contributed by atoms with Crippen LogP contribution in [0, 0.1) is 17.1 Å². The van der Waals surface area contributed by atoms with Crippen LogP contribution in [0.5, 0.6) is 0 Å². The number of carbonyl (C=O) groups excluding carboxylic acids is 1. The SMILES string of the molecule is N#Cc1ccc(C2=C(O)C(=Cc3ccc(F)cc3)OC2=O)cc1. The van der Waals surface area contributed by atoms with E-state index >= 15 is 0 Å². The summed E-state index contributed by atoms with van der Waals surface area (Å²) in [6.07, 6.45) is 1.45. The zero-order chi connectivity index (χ0) is 16.4. The van der Waals surface area contributed by atoms with Crippen LogP contribution < -0.4 is 0 Å². The number of hydrogen-bond donors (Lipinski definition) is 1. The molecule has 2 aromatic carbocycles. The molecule has 0 saturated heterocycles. The topological polar surface area (TPSA) is 70.3 Å². The van der Waals surface area contributed by atoms with Crippen LogP contribution in [0.2, 0.25) is 0 Å². The van der Waals surface area contributed by atoms with Crippen molar-refractivity contribution in [1.29, 1.82) is 5.26 Å². The summed E-state index contributed by atoms with van der Waals surface area (Å²) in [6, 6.07) is 13.7. The van der Waals surface area contributed by atoms with E-state index in [4.69, 9.17) is 10.00 Å². The number of cyclic esters (lactones) is 1. The molecular formula is C18H10FNO3. The number of ether oxygens (including phenoxy) is 1. The zero-order valence-electron chi connectivity index (χ0n) is 11.8. The monoisotopic (exact) mass is 307 g/mol. The van der Waals surface area contributed by atoms with E-state index in [-0.39, 0.29) is 22.9 Å². The Kier molecular flexibility index (Phi) is 3.65. The number of nitrogens with zero attached hydrogens (tertiary/aromatic N) is 1. The first-order chi connectivity index (χ1) is 11.1. The molecule has 4 nitrogen and oxygen atoms in total. The first kappa shape index (κ1) is 14.5. The molecular weight excluding hydrogens is 297 g/mol. The van der Waals surface area contributed by atoms with Gasteiger partial charge in [-0.25, -0.2) is 9.18 Å². The zero-order valence-corrected chi connectivity index (χ0v) is 11.8. The van der Waals surface area contributed by atoms with Crippen molar-refractivity contribution in [3.05, 3.63) is 82.6 Å². The predicted octanol–water partition coefficient (Wildman–Crippen LogP) is 3.56. The summed E-state index contributed by atoms with van der Waals surface area (Å²) in [4.78, 5) is 12.0. The van der Waals surface area contributed by atoms with Crippen LogP contribution in [0.4, 0.5) is 4.39 Å². The van der Waals surface area contributed by atoms with E-state index in [9.17, 15) is 14.3 Å². The number of carbonyl (C=O) groups is 1. The van der Waals surface area contributed by atoms with Gasteiger partial charge in [-0.3, -0.25) is 0 Å². The van der Waals surface area contributed by atoms with Crippen molar-refractivity contribution in [2.75, 3.05) is 0 Å². The maximum absolute atomic E-state index is 12.9. The van der Waals surface area contributed by atoms with E-state index < -0.39 is 5.97 Å². The predicted molar refractivity (Wildman–Crippen MR) is 81.2 cm³/mol. The van der Waals surface area contributed by atoms with Gasteiger partial charge in [0.05, 0.1) is 11.6 Å². The Bertz CT molecular complexity index is 872. The van der Waals surface area contributed by atoms with Gasteiger partial charge >= 0.3 is 5.97 Å². The molecule has 2 aromatic rings. The molecule has 23 heavy (non-hydrogen) atoms. The summed E-state index contributed by atoms with van der Waals surface area (Å²) < 4.78 is 18.0. The molecule has 0 aliphatic carbocycles. The third kappa shape index (κ3) is 2.83. The number of aliphatic hydroxyl groups excluding tert-OH is 1. The van der Waals surface area contributed by atoms with Crippen LogP contribution in [-0.4, -0.2) is 11.1 Å². The highest BCUT2D eigenvalue weighted by molar-refractivity contribution is 6.20. The Morgan fingerprint density at radius 3 is 2.35 bits per heavy atom. The minimum Gasteiger partial charge on any atom is -0.504 e. The standard InChI is InChI=1S/C18H10FNO3/c19-14-7-3-11(4-8-14)9-15-17(21)16(18(22)23-15)13-5-1-12(10-20)2-6-13/h1-9,21H. The van der Waals surface area contributed by atoms with Crippen molar-refractivity contribution >= 4 is 17.6 Å². The van der Waals surface area contributed by atoms with Gasteiger partial charge < -0.3 is 9.84 Å². The quantitative estimate of drug-likeness (QED) is 0.861. The second-order valence-electron chi connectivity index (χ2n) is 4.86. The van der Waals surface area contributed by atoms with Crippen molar-refractivity contribution in [3.63, 3.8) is 0 Å². The lowest BCUT2D eigenvalue weighted by Crippen LogP contribution is -1.98. The van der Waals surface area contributed by atoms with Crippen LogP contribution >= 0.6 is 0 Å². The number of nitriles is 1. The van der Waals surface area contributed by atoms with Crippen molar-refractivity contribution in [3.8, 4) is 6.07 Å². The van der Waals surface area contributed by atoms with Gasteiger partial charge in [-0.2, -0.15) is 5.26 Å². The summed E-state index contributed by atoms with van der Waals surface area (Å²) >= 11 is 0. The Balaban J connectivity index is 1.99. The van der Waals surface area contributed by atoms with Gasteiger partial charge in [-0.15, -0.1) is 0 Å². The Hall–Kier alpha value is -3.39. The van der Waals surface area contributed by atoms with Crippen LogP contribution in [0.25, 0.3) is 11.6 Å². The number of rotatable bonds is 2. The lowest BCUT2D eigenvalue weighted by Gasteiger charge is -1.99. The normalized spacial score (nSPS) is 15.7. The summed E-state index contributed by atoms with van der Waals surface area (Å²) in [7, 11) is 0. The van der Waals surface area contributed by atoms with Gasteiger partial charge in [0.1, 0.15) is 11.4 Å². The van der Waals surface area contributed by atoms with Gasteiger partial charge in [0.15, 0.2) is 11.5 Å². The third-order valence-corrected chi connectivity index (χ3v) is 3.35. The lowest BCUT2D eigenvalue weighted by molar-refractivity contribution is -0.131. The molecule has 112 valence electrons. The number of esters is 1. The molecule has 0 radical (unpaired) electrons. The number of hydrogen-bond acceptors (Lipinski definition) is 4. The molecule has 0 saturated carbocycles. The van der Waals surface area contributed by atoms with E-state index in [0.29, 0.717) is 16.7 Å². The van der Waals surface area contributed by atoms with Crippen molar-refractivity contribution in [2.45, 2.75) is 0 Å². The summed E-state index contributed by atoms with van der Waals surface area (Å²) in [5, 5.41) is 19.0. The molecule has 0 aromatic heterocycles. The molecule has 5 heteroatoms. The molecule has 1 aliphatic heterocycles. The molecule has 0 amide bonds. The smallest absolute Gasteiger partial charge is 0.348 e. The van der Waals surface area contributed by atoms with Crippen LogP contribution in [0.3, 0.4) is 0 Å². The first-order valence-corrected chi connectivity index (χ1v) is 6.72. The Morgan fingerprint density at radius 1 is 1.09 bits per heavy atom. The highest BCUT2D eigenvalue weighted by atomic mass is 19.1. The van der Waals surface area contributed by atoms with E-state index in [2.05, 4.69) is 0 Å². The van der Waals surface area contributed by atoms with Crippen molar-refractivity contribution < 1.29 is 19.0 Å².